The second-order valence-electron chi connectivity index (χ2n) is 4.69. The fourth-order valence-electron chi connectivity index (χ4n) is 1.97. The van der Waals surface area contributed by atoms with Crippen LogP contribution in [0.1, 0.15) is 18.1 Å². The zero-order chi connectivity index (χ0) is 13.2. The first-order chi connectivity index (χ1) is 8.49. The Kier molecular flexibility index (Phi) is 3.69. The molecule has 0 fully saturated rings. The first-order valence-electron chi connectivity index (χ1n) is 5.77. The summed E-state index contributed by atoms with van der Waals surface area (Å²) < 4.78 is 12.9. The van der Waals surface area contributed by atoms with Gasteiger partial charge in [-0.2, -0.15) is 0 Å². The molecule has 0 aromatic heterocycles. The Morgan fingerprint density at radius 3 is 2.33 bits per heavy atom. The second-order valence-corrected chi connectivity index (χ2v) is 5.10. The van der Waals surface area contributed by atoms with E-state index in [1.54, 1.807) is 12.1 Å². The van der Waals surface area contributed by atoms with Gasteiger partial charge in [0.2, 0.25) is 0 Å². The Bertz CT molecular complexity index is 534. The van der Waals surface area contributed by atoms with E-state index in [2.05, 4.69) is 0 Å². The van der Waals surface area contributed by atoms with E-state index >= 15 is 0 Å². The van der Waals surface area contributed by atoms with Crippen LogP contribution in [0.4, 0.5) is 4.39 Å². The largest absolute Gasteiger partial charge is 0.321 e. The van der Waals surface area contributed by atoms with E-state index in [1.807, 2.05) is 31.2 Å². The fourth-order valence-corrected chi connectivity index (χ4v) is 2.17. The van der Waals surface area contributed by atoms with Gasteiger partial charge in [0.25, 0.3) is 0 Å². The minimum atomic E-state index is -0.571. The average Bonchev–Trinajstić information content (AvgIpc) is 2.32. The first-order valence-corrected chi connectivity index (χ1v) is 6.15. The predicted octanol–water partition coefficient (Wildman–Crippen LogP) is 3.90. The second kappa shape index (κ2) is 5.09. The summed E-state index contributed by atoms with van der Waals surface area (Å²) in [6, 6.07) is 13.9. The summed E-state index contributed by atoms with van der Waals surface area (Å²) in [5, 5.41) is 0.705. The molecule has 0 spiro atoms. The molecule has 2 N–H and O–H groups in total. The van der Waals surface area contributed by atoms with Crippen molar-refractivity contribution >= 4 is 11.6 Å². The normalized spacial score (nSPS) is 14.2. The van der Waals surface area contributed by atoms with E-state index in [0.717, 1.165) is 11.1 Å². The Morgan fingerprint density at radius 2 is 1.72 bits per heavy atom. The number of nitrogens with two attached hydrogens (primary N) is 1. The standard InChI is InChI=1S/C15H15ClFN/c1-15(18,12-6-8-13(17)9-7-12)10-11-4-2-3-5-14(11)16/h2-9H,10,18H2,1H3. The molecule has 0 amide bonds. The molecule has 0 saturated heterocycles. The van der Waals surface area contributed by atoms with E-state index in [4.69, 9.17) is 17.3 Å². The predicted molar refractivity (Wildman–Crippen MR) is 73.1 cm³/mol. The molecule has 3 heteroatoms. The summed E-state index contributed by atoms with van der Waals surface area (Å²) in [5.41, 5.74) is 7.62. The Labute approximate surface area is 111 Å². The molecule has 0 aliphatic carbocycles. The van der Waals surface area contributed by atoms with Crippen LogP contribution in [-0.4, -0.2) is 0 Å². The van der Waals surface area contributed by atoms with Crippen molar-refractivity contribution in [3.63, 3.8) is 0 Å². The van der Waals surface area contributed by atoms with Crippen LogP contribution in [0, 0.1) is 5.82 Å². The molecule has 2 rings (SSSR count). The lowest BCUT2D eigenvalue weighted by molar-refractivity contribution is 0.490. The molecule has 2 aromatic carbocycles. The molecular formula is C15H15ClFN. The zero-order valence-electron chi connectivity index (χ0n) is 10.2. The Balaban J connectivity index is 2.27. The highest BCUT2D eigenvalue weighted by Gasteiger charge is 2.22. The molecule has 0 bridgehead atoms. The third-order valence-corrected chi connectivity index (χ3v) is 3.39. The van der Waals surface area contributed by atoms with Crippen molar-refractivity contribution in [3.05, 3.63) is 70.5 Å². The van der Waals surface area contributed by atoms with E-state index in [9.17, 15) is 4.39 Å². The summed E-state index contributed by atoms with van der Waals surface area (Å²) in [6.07, 6.45) is 0.609. The van der Waals surface area contributed by atoms with Gasteiger partial charge in [-0.15, -0.1) is 0 Å². The maximum absolute atomic E-state index is 12.9. The van der Waals surface area contributed by atoms with Crippen molar-refractivity contribution in [2.45, 2.75) is 18.9 Å². The van der Waals surface area contributed by atoms with E-state index in [0.29, 0.717) is 11.4 Å². The lowest BCUT2D eigenvalue weighted by atomic mass is 9.86. The van der Waals surface area contributed by atoms with Crippen LogP contribution in [0.3, 0.4) is 0 Å². The SMILES string of the molecule is CC(N)(Cc1ccccc1Cl)c1ccc(F)cc1. The first kappa shape index (κ1) is 13.1. The molecule has 0 heterocycles. The lowest BCUT2D eigenvalue weighted by Gasteiger charge is -2.26. The van der Waals surface area contributed by atoms with Crippen LogP contribution in [0.15, 0.2) is 48.5 Å². The van der Waals surface area contributed by atoms with Crippen molar-refractivity contribution in [3.8, 4) is 0 Å². The topological polar surface area (TPSA) is 26.0 Å². The summed E-state index contributed by atoms with van der Waals surface area (Å²) in [6.45, 7) is 1.92. The molecule has 2 aromatic rings. The highest BCUT2D eigenvalue weighted by molar-refractivity contribution is 6.31. The molecule has 18 heavy (non-hydrogen) atoms. The van der Waals surface area contributed by atoms with Gasteiger partial charge in [0.05, 0.1) is 0 Å². The molecule has 0 aliphatic rings. The zero-order valence-corrected chi connectivity index (χ0v) is 10.9. The van der Waals surface area contributed by atoms with Gasteiger partial charge in [-0.05, 0) is 42.7 Å². The molecule has 1 unspecified atom stereocenters. The van der Waals surface area contributed by atoms with Crippen molar-refractivity contribution in [1.82, 2.24) is 0 Å². The molecule has 0 saturated carbocycles. The van der Waals surface area contributed by atoms with E-state index in [1.165, 1.54) is 12.1 Å². The maximum Gasteiger partial charge on any atom is 0.123 e. The summed E-state index contributed by atoms with van der Waals surface area (Å²) in [4.78, 5) is 0. The molecule has 1 nitrogen and oxygen atoms in total. The summed E-state index contributed by atoms with van der Waals surface area (Å²) in [7, 11) is 0. The monoisotopic (exact) mass is 263 g/mol. The number of rotatable bonds is 3. The smallest absolute Gasteiger partial charge is 0.123 e. The Hall–Kier alpha value is -1.38. The van der Waals surface area contributed by atoms with Gasteiger partial charge in [0.15, 0.2) is 0 Å². The highest BCUT2D eigenvalue weighted by Crippen LogP contribution is 2.26. The molecule has 94 valence electrons. The number of benzene rings is 2. The van der Waals surface area contributed by atoms with Gasteiger partial charge in [-0.25, -0.2) is 4.39 Å². The van der Waals surface area contributed by atoms with Gasteiger partial charge in [0.1, 0.15) is 5.82 Å². The number of hydrogen-bond acceptors (Lipinski definition) is 1. The number of halogens is 2. The van der Waals surface area contributed by atoms with Crippen LogP contribution >= 0.6 is 11.6 Å². The van der Waals surface area contributed by atoms with Gasteiger partial charge < -0.3 is 5.73 Å². The average molecular weight is 264 g/mol. The van der Waals surface area contributed by atoms with Gasteiger partial charge in [0, 0.05) is 10.6 Å². The fraction of sp³-hybridized carbons (Fsp3) is 0.200. The van der Waals surface area contributed by atoms with Crippen molar-refractivity contribution in [1.29, 1.82) is 0 Å². The van der Waals surface area contributed by atoms with Crippen LogP contribution in [0.2, 0.25) is 5.02 Å². The van der Waals surface area contributed by atoms with Gasteiger partial charge in [-0.3, -0.25) is 0 Å². The third-order valence-electron chi connectivity index (χ3n) is 3.02. The minimum absolute atomic E-state index is 0.257. The highest BCUT2D eigenvalue weighted by atomic mass is 35.5. The quantitative estimate of drug-likeness (QED) is 0.893. The van der Waals surface area contributed by atoms with E-state index < -0.39 is 5.54 Å². The van der Waals surface area contributed by atoms with Gasteiger partial charge in [-0.1, -0.05) is 41.9 Å². The van der Waals surface area contributed by atoms with Crippen LogP contribution < -0.4 is 5.73 Å². The summed E-state index contributed by atoms with van der Waals surface area (Å²) >= 11 is 6.13. The molecule has 0 aliphatic heterocycles. The van der Waals surface area contributed by atoms with Crippen molar-refractivity contribution in [2.24, 2.45) is 5.73 Å². The minimum Gasteiger partial charge on any atom is -0.321 e. The molecule has 1 atom stereocenters. The molecular weight excluding hydrogens is 249 g/mol. The van der Waals surface area contributed by atoms with Crippen LogP contribution in [0.5, 0.6) is 0 Å². The van der Waals surface area contributed by atoms with Crippen LogP contribution in [-0.2, 0) is 12.0 Å². The third kappa shape index (κ3) is 2.89. The maximum atomic E-state index is 12.9. The van der Waals surface area contributed by atoms with Crippen molar-refractivity contribution < 1.29 is 4.39 Å². The van der Waals surface area contributed by atoms with Gasteiger partial charge >= 0.3 is 0 Å². The summed E-state index contributed by atoms with van der Waals surface area (Å²) in [5.74, 6) is -0.257. The van der Waals surface area contributed by atoms with Crippen molar-refractivity contribution in [2.75, 3.05) is 0 Å². The van der Waals surface area contributed by atoms with Crippen LogP contribution in [0.25, 0.3) is 0 Å². The number of hydrogen-bond donors (Lipinski definition) is 1. The lowest BCUT2D eigenvalue weighted by Crippen LogP contribution is -2.35. The molecule has 0 radical (unpaired) electrons. The van der Waals surface area contributed by atoms with E-state index in [-0.39, 0.29) is 5.82 Å². The Morgan fingerprint density at radius 1 is 1.11 bits per heavy atom.